The highest BCUT2D eigenvalue weighted by Gasteiger charge is 2.19. The molecule has 3 rings (SSSR count). The molecule has 6 heteroatoms. The van der Waals surface area contributed by atoms with Crippen LogP contribution in [-0.2, 0) is 16.4 Å². The van der Waals surface area contributed by atoms with Gasteiger partial charge < -0.3 is 4.98 Å². The first-order chi connectivity index (χ1) is 11.8. The van der Waals surface area contributed by atoms with E-state index in [0.29, 0.717) is 16.8 Å². The van der Waals surface area contributed by atoms with Gasteiger partial charge >= 0.3 is 0 Å². The monoisotopic (exact) mass is 360 g/mol. The van der Waals surface area contributed by atoms with Crippen LogP contribution in [0, 0.1) is 26.6 Å². The third kappa shape index (κ3) is 3.60. The van der Waals surface area contributed by atoms with E-state index in [1.165, 1.54) is 12.1 Å². The number of benzene rings is 2. The molecule has 1 aromatic heterocycles. The van der Waals surface area contributed by atoms with E-state index in [0.717, 1.165) is 27.6 Å². The second-order valence-corrected chi connectivity index (χ2v) is 8.08. The van der Waals surface area contributed by atoms with Crippen molar-refractivity contribution in [2.24, 2.45) is 0 Å². The number of rotatable bonds is 5. The summed E-state index contributed by atoms with van der Waals surface area (Å²) in [5, 5.41) is 0.906. The van der Waals surface area contributed by atoms with Crippen molar-refractivity contribution in [3.63, 3.8) is 0 Å². The predicted molar refractivity (Wildman–Crippen MR) is 97.8 cm³/mol. The molecule has 0 aliphatic heterocycles. The van der Waals surface area contributed by atoms with Crippen molar-refractivity contribution in [2.45, 2.75) is 32.1 Å². The van der Waals surface area contributed by atoms with Gasteiger partial charge in [-0.25, -0.2) is 17.5 Å². The van der Waals surface area contributed by atoms with Gasteiger partial charge in [0.05, 0.1) is 4.90 Å². The number of hydrogen-bond donors (Lipinski definition) is 2. The molecule has 132 valence electrons. The lowest BCUT2D eigenvalue weighted by Crippen LogP contribution is -2.27. The molecule has 1 heterocycles. The van der Waals surface area contributed by atoms with Crippen LogP contribution < -0.4 is 4.72 Å². The van der Waals surface area contributed by atoms with E-state index in [2.05, 4.69) is 9.71 Å². The summed E-state index contributed by atoms with van der Waals surface area (Å²) in [6.45, 7) is 5.84. The summed E-state index contributed by atoms with van der Waals surface area (Å²) in [7, 11) is -3.57. The van der Waals surface area contributed by atoms with Crippen LogP contribution in [0.2, 0.25) is 0 Å². The minimum Gasteiger partial charge on any atom is -0.361 e. The quantitative estimate of drug-likeness (QED) is 0.728. The summed E-state index contributed by atoms with van der Waals surface area (Å²) >= 11 is 0. The van der Waals surface area contributed by atoms with Gasteiger partial charge in [-0.3, -0.25) is 0 Å². The number of aromatic amines is 1. The van der Waals surface area contributed by atoms with Crippen LogP contribution in [0.15, 0.2) is 41.4 Å². The van der Waals surface area contributed by atoms with Crippen LogP contribution in [0.4, 0.5) is 4.39 Å². The molecule has 0 bridgehead atoms. The maximum Gasteiger partial charge on any atom is 0.241 e. The molecule has 0 aliphatic rings. The van der Waals surface area contributed by atoms with Crippen LogP contribution in [-0.4, -0.2) is 19.9 Å². The molecule has 0 saturated carbocycles. The van der Waals surface area contributed by atoms with E-state index in [9.17, 15) is 12.8 Å². The average Bonchev–Trinajstić information content (AvgIpc) is 2.87. The molecule has 0 spiro atoms. The number of fused-ring (bicyclic) bond motifs is 1. The van der Waals surface area contributed by atoms with Crippen molar-refractivity contribution in [1.29, 1.82) is 0 Å². The molecular weight excluding hydrogens is 339 g/mol. The van der Waals surface area contributed by atoms with Crippen molar-refractivity contribution in [2.75, 3.05) is 6.54 Å². The Morgan fingerprint density at radius 2 is 1.76 bits per heavy atom. The first kappa shape index (κ1) is 17.6. The smallest absolute Gasteiger partial charge is 0.241 e. The van der Waals surface area contributed by atoms with Crippen molar-refractivity contribution in [3.8, 4) is 0 Å². The molecule has 0 amide bonds. The van der Waals surface area contributed by atoms with Crippen LogP contribution >= 0.6 is 0 Å². The zero-order chi connectivity index (χ0) is 18.2. The molecular formula is C19H21FN2O2S. The van der Waals surface area contributed by atoms with Gasteiger partial charge in [0, 0.05) is 23.6 Å². The predicted octanol–water partition coefficient (Wildman–Crippen LogP) is 3.75. The normalized spacial score (nSPS) is 12.0. The van der Waals surface area contributed by atoms with Gasteiger partial charge in [-0.2, -0.15) is 0 Å². The van der Waals surface area contributed by atoms with E-state index in [-0.39, 0.29) is 12.4 Å². The summed E-state index contributed by atoms with van der Waals surface area (Å²) in [4.78, 5) is 3.36. The Balaban J connectivity index is 1.77. The van der Waals surface area contributed by atoms with Crippen molar-refractivity contribution >= 4 is 20.9 Å². The molecule has 0 radical (unpaired) electrons. The fraction of sp³-hybridized carbons (Fsp3) is 0.263. The number of nitrogens with one attached hydrogen (secondary N) is 2. The van der Waals surface area contributed by atoms with E-state index in [1.807, 2.05) is 32.9 Å². The third-order valence-corrected chi connectivity index (χ3v) is 6.05. The van der Waals surface area contributed by atoms with Gasteiger partial charge in [-0.15, -0.1) is 0 Å². The van der Waals surface area contributed by atoms with E-state index in [4.69, 9.17) is 0 Å². The number of aryl methyl sites for hydroxylation is 3. The lowest BCUT2D eigenvalue weighted by molar-refractivity contribution is 0.580. The van der Waals surface area contributed by atoms with Gasteiger partial charge in [0.2, 0.25) is 10.0 Å². The van der Waals surface area contributed by atoms with E-state index < -0.39 is 10.0 Å². The average molecular weight is 360 g/mol. The Labute approximate surface area is 147 Å². The highest BCUT2D eigenvalue weighted by molar-refractivity contribution is 7.89. The summed E-state index contributed by atoms with van der Waals surface area (Å²) in [5.41, 5.74) is 4.19. The molecule has 0 unspecified atom stereocenters. The minimum atomic E-state index is -3.57. The number of halogens is 1. The summed E-state index contributed by atoms with van der Waals surface area (Å²) in [6.07, 6.45) is 2.32. The van der Waals surface area contributed by atoms with Crippen LogP contribution in [0.3, 0.4) is 0 Å². The topological polar surface area (TPSA) is 62.0 Å². The lowest BCUT2D eigenvalue weighted by Gasteiger charge is -2.13. The Bertz CT molecular complexity index is 1020. The molecule has 0 saturated heterocycles. The first-order valence-electron chi connectivity index (χ1n) is 8.11. The highest BCUT2D eigenvalue weighted by Crippen LogP contribution is 2.22. The molecule has 0 fully saturated rings. The maximum atomic E-state index is 13.2. The standard InChI is InChI=1S/C19H21FN2O2S/c1-12-8-13(2)19(14(3)9-12)25(23,24)22-7-6-15-11-21-18-10-16(20)4-5-17(15)18/h4-5,8-11,21-22H,6-7H2,1-3H3. The zero-order valence-electron chi connectivity index (χ0n) is 14.5. The Kier molecular flexibility index (Phi) is 4.67. The van der Waals surface area contributed by atoms with Gasteiger partial charge in [0.1, 0.15) is 5.82 Å². The zero-order valence-corrected chi connectivity index (χ0v) is 15.3. The first-order valence-corrected chi connectivity index (χ1v) is 9.59. The van der Waals surface area contributed by atoms with Crippen molar-refractivity contribution in [1.82, 2.24) is 9.71 Å². The second-order valence-electron chi connectivity index (χ2n) is 6.38. The van der Waals surface area contributed by atoms with Crippen LogP contribution in [0.5, 0.6) is 0 Å². The van der Waals surface area contributed by atoms with E-state index >= 15 is 0 Å². The van der Waals surface area contributed by atoms with Crippen LogP contribution in [0.25, 0.3) is 10.9 Å². The number of hydrogen-bond acceptors (Lipinski definition) is 2. The van der Waals surface area contributed by atoms with Crippen molar-refractivity contribution < 1.29 is 12.8 Å². The fourth-order valence-electron chi connectivity index (χ4n) is 3.35. The molecule has 4 nitrogen and oxygen atoms in total. The van der Waals surface area contributed by atoms with Gasteiger partial charge in [-0.05, 0) is 62.1 Å². The Morgan fingerprint density at radius 3 is 2.44 bits per heavy atom. The van der Waals surface area contributed by atoms with Gasteiger partial charge in [0.15, 0.2) is 0 Å². The summed E-state index contributed by atoms with van der Waals surface area (Å²) in [6, 6.07) is 8.29. The number of H-pyrrole nitrogens is 1. The number of sulfonamides is 1. The largest absolute Gasteiger partial charge is 0.361 e. The number of aromatic nitrogens is 1. The van der Waals surface area contributed by atoms with E-state index in [1.54, 1.807) is 12.3 Å². The molecule has 2 N–H and O–H groups in total. The second kappa shape index (κ2) is 6.61. The minimum absolute atomic E-state index is 0.277. The molecule has 2 aromatic carbocycles. The summed E-state index contributed by atoms with van der Waals surface area (Å²) < 4.78 is 41.2. The SMILES string of the molecule is Cc1cc(C)c(S(=O)(=O)NCCc2c[nH]c3cc(F)ccc23)c(C)c1. The van der Waals surface area contributed by atoms with Gasteiger partial charge in [-0.1, -0.05) is 17.7 Å². The van der Waals surface area contributed by atoms with Gasteiger partial charge in [0.25, 0.3) is 0 Å². The third-order valence-electron chi connectivity index (χ3n) is 4.29. The molecule has 25 heavy (non-hydrogen) atoms. The molecule has 3 aromatic rings. The van der Waals surface area contributed by atoms with Crippen molar-refractivity contribution in [3.05, 3.63) is 64.6 Å². The molecule has 0 aliphatic carbocycles. The summed E-state index contributed by atoms with van der Waals surface area (Å²) in [5.74, 6) is -0.299. The highest BCUT2D eigenvalue weighted by atomic mass is 32.2. The molecule has 0 atom stereocenters. The Hall–Kier alpha value is -2.18. The Morgan fingerprint density at radius 1 is 1.08 bits per heavy atom. The van der Waals surface area contributed by atoms with Crippen LogP contribution in [0.1, 0.15) is 22.3 Å². The fourth-order valence-corrected chi connectivity index (χ4v) is 4.83. The maximum absolute atomic E-state index is 13.2. The lowest BCUT2D eigenvalue weighted by atomic mass is 10.1.